The third-order valence-corrected chi connectivity index (χ3v) is 2.61. The first-order chi connectivity index (χ1) is 6.92. The molecule has 0 radical (unpaired) electrons. The Morgan fingerprint density at radius 2 is 2.43 bits per heavy atom. The van der Waals surface area contributed by atoms with Crippen molar-refractivity contribution in [3.8, 4) is 6.07 Å². The molecule has 2 aromatic rings. The highest BCUT2D eigenvalue weighted by Gasteiger charge is 2.02. The van der Waals surface area contributed by atoms with Crippen molar-refractivity contribution < 1.29 is 0 Å². The molecule has 14 heavy (non-hydrogen) atoms. The molecule has 0 fully saturated rings. The lowest BCUT2D eigenvalue weighted by molar-refractivity contribution is 1.05. The van der Waals surface area contributed by atoms with E-state index in [9.17, 15) is 0 Å². The van der Waals surface area contributed by atoms with Crippen molar-refractivity contribution in [1.29, 1.82) is 5.26 Å². The van der Waals surface area contributed by atoms with Crippen LogP contribution in [0.2, 0.25) is 0 Å². The summed E-state index contributed by atoms with van der Waals surface area (Å²) < 4.78 is 0. The van der Waals surface area contributed by atoms with Crippen LogP contribution in [0.15, 0.2) is 17.8 Å². The number of hydrogen-bond donors (Lipinski definition) is 1. The zero-order valence-corrected chi connectivity index (χ0v) is 8.21. The molecule has 0 amide bonds. The molecule has 0 unspecified atom stereocenters. The van der Waals surface area contributed by atoms with E-state index in [0.29, 0.717) is 13.0 Å². The summed E-state index contributed by atoms with van der Waals surface area (Å²) in [5.74, 6) is 0.812. The Balaban J connectivity index is 2.24. The number of fused-ring (bicyclic) bond motifs is 1. The van der Waals surface area contributed by atoms with Crippen LogP contribution in [0.3, 0.4) is 0 Å². The van der Waals surface area contributed by atoms with E-state index in [1.165, 1.54) is 6.33 Å². The molecule has 2 heterocycles. The second-order valence-electron chi connectivity index (χ2n) is 2.70. The predicted molar refractivity (Wildman–Crippen MR) is 56.1 cm³/mol. The number of nitriles is 1. The van der Waals surface area contributed by atoms with Gasteiger partial charge in [-0.2, -0.15) is 5.26 Å². The molecule has 2 rings (SSSR count). The van der Waals surface area contributed by atoms with Crippen molar-refractivity contribution in [2.75, 3.05) is 11.9 Å². The van der Waals surface area contributed by atoms with Gasteiger partial charge in [-0.05, 0) is 11.4 Å². The fourth-order valence-electron chi connectivity index (χ4n) is 1.17. The van der Waals surface area contributed by atoms with Crippen LogP contribution >= 0.6 is 11.3 Å². The molecule has 1 N–H and O–H groups in total. The molecule has 0 aliphatic carbocycles. The van der Waals surface area contributed by atoms with E-state index >= 15 is 0 Å². The van der Waals surface area contributed by atoms with E-state index in [2.05, 4.69) is 21.4 Å². The Labute approximate surface area is 85.2 Å². The number of thiophene rings is 1. The van der Waals surface area contributed by atoms with Gasteiger partial charge in [-0.3, -0.25) is 0 Å². The Morgan fingerprint density at radius 3 is 3.29 bits per heavy atom. The van der Waals surface area contributed by atoms with Crippen LogP contribution < -0.4 is 5.32 Å². The molecule has 70 valence electrons. The monoisotopic (exact) mass is 204 g/mol. The minimum atomic E-state index is 0.482. The Kier molecular flexibility index (Phi) is 2.56. The van der Waals surface area contributed by atoms with Crippen molar-refractivity contribution >= 4 is 27.4 Å². The fraction of sp³-hybridized carbons (Fsp3) is 0.222. The van der Waals surface area contributed by atoms with Gasteiger partial charge in [-0.15, -0.1) is 11.3 Å². The Hall–Kier alpha value is -1.67. The summed E-state index contributed by atoms with van der Waals surface area (Å²) in [7, 11) is 0. The van der Waals surface area contributed by atoms with Gasteiger partial charge in [0.1, 0.15) is 17.0 Å². The zero-order valence-electron chi connectivity index (χ0n) is 7.40. The molecule has 0 spiro atoms. The van der Waals surface area contributed by atoms with E-state index in [4.69, 9.17) is 5.26 Å². The van der Waals surface area contributed by atoms with Crippen molar-refractivity contribution in [1.82, 2.24) is 9.97 Å². The summed E-state index contributed by atoms with van der Waals surface area (Å²) in [5, 5.41) is 14.5. The molecule has 0 aliphatic rings. The molecule has 0 saturated carbocycles. The van der Waals surface area contributed by atoms with Crippen LogP contribution in [-0.2, 0) is 0 Å². The second kappa shape index (κ2) is 4.03. The largest absolute Gasteiger partial charge is 0.368 e. The molecule has 2 aromatic heterocycles. The van der Waals surface area contributed by atoms with Gasteiger partial charge in [0.15, 0.2) is 0 Å². The lowest BCUT2D eigenvalue weighted by Gasteiger charge is -2.02. The average Bonchev–Trinajstić information content (AvgIpc) is 2.67. The maximum Gasteiger partial charge on any atom is 0.138 e. The van der Waals surface area contributed by atoms with Crippen LogP contribution in [0, 0.1) is 11.3 Å². The highest BCUT2D eigenvalue weighted by atomic mass is 32.1. The van der Waals surface area contributed by atoms with Crippen molar-refractivity contribution in [2.24, 2.45) is 0 Å². The van der Waals surface area contributed by atoms with Crippen LogP contribution in [0.4, 0.5) is 5.82 Å². The first-order valence-electron chi connectivity index (χ1n) is 4.21. The van der Waals surface area contributed by atoms with Gasteiger partial charge in [0.25, 0.3) is 0 Å². The van der Waals surface area contributed by atoms with Gasteiger partial charge in [-0.25, -0.2) is 9.97 Å². The molecule has 5 heteroatoms. The lowest BCUT2D eigenvalue weighted by Crippen LogP contribution is -2.02. The maximum absolute atomic E-state index is 8.40. The van der Waals surface area contributed by atoms with Crippen LogP contribution in [0.5, 0.6) is 0 Å². The topological polar surface area (TPSA) is 61.6 Å². The minimum Gasteiger partial charge on any atom is -0.368 e. The molecule has 0 bridgehead atoms. The molecule has 0 aliphatic heterocycles. The predicted octanol–water partition coefficient (Wildman–Crippen LogP) is 2.02. The van der Waals surface area contributed by atoms with E-state index in [1.54, 1.807) is 11.3 Å². The Bertz CT molecular complexity index is 471. The number of nitrogens with one attached hydrogen (secondary N) is 1. The second-order valence-corrected chi connectivity index (χ2v) is 3.59. The van der Waals surface area contributed by atoms with Crippen LogP contribution in [0.25, 0.3) is 10.2 Å². The van der Waals surface area contributed by atoms with Gasteiger partial charge < -0.3 is 5.32 Å². The number of anilines is 1. The quantitative estimate of drug-likeness (QED) is 0.777. The summed E-state index contributed by atoms with van der Waals surface area (Å²) in [4.78, 5) is 9.23. The number of rotatable bonds is 3. The van der Waals surface area contributed by atoms with Crippen molar-refractivity contribution in [3.05, 3.63) is 17.8 Å². The summed E-state index contributed by atoms with van der Waals surface area (Å²) >= 11 is 1.58. The minimum absolute atomic E-state index is 0.482. The van der Waals surface area contributed by atoms with Gasteiger partial charge in [0.2, 0.25) is 0 Å². The highest BCUT2D eigenvalue weighted by molar-refractivity contribution is 7.16. The summed E-state index contributed by atoms with van der Waals surface area (Å²) in [6.07, 6.45) is 2.02. The summed E-state index contributed by atoms with van der Waals surface area (Å²) in [5.41, 5.74) is 0. The standard InChI is InChI=1S/C9H8N4S/c10-3-1-4-11-8-7-2-5-14-9(7)13-6-12-8/h2,5-6H,1,4H2,(H,11,12,13). The third kappa shape index (κ3) is 1.65. The SMILES string of the molecule is N#CCCNc1ncnc2sccc12. The van der Waals surface area contributed by atoms with E-state index < -0.39 is 0 Å². The molecule has 0 saturated heterocycles. The summed E-state index contributed by atoms with van der Waals surface area (Å²) in [6.45, 7) is 0.623. The van der Waals surface area contributed by atoms with Crippen molar-refractivity contribution in [3.63, 3.8) is 0 Å². The molecular formula is C9H8N4S. The van der Waals surface area contributed by atoms with E-state index in [1.807, 2.05) is 11.4 Å². The molecule has 0 atom stereocenters. The van der Waals surface area contributed by atoms with Crippen LogP contribution in [0.1, 0.15) is 6.42 Å². The van der Waals surface area contributed by atoms with Crippen LogP contribution in [-0.4, -0.2) is 16.5 Å². The first-order valence-corrected chi connectivity index (χ1v) is 5.09. The van der Waals surface area contributed by atoms with Gasteiger partial charge >= 0.3 is 0 Å². The average molecular weight is 204 g/mol. The molecule has 0 aromatic carbocycles. The first kappa shape index (κ1) is 8.91. The number of hydrogen-bond acceptors (Lipinski definition) is 5. The number of nitrogens with zero attached hydrogens (tertiary/aromatic N) is 3. The molecule has 4 nitrogen and oxygen atoms in total. The third-order valence-electron chi connectivity index (χ3n) is 1.79. The lowest BCUT2D eigenvalue weighted by atomic mass is 10.3. The number of aromatic nitrogens is 2. The fourth-order valence-corrected chi connectivity index (χ4v) is 1.90. The van der Waals surface area contributed by atoms with Gasteiger partial charge in [0.05, 0.1) is 17.9 Å². The Morgan fingerprint density at radius 1 is 1.50 bits per heavy atom. The van der Waals surface area contributed by atoms with Crippen molar-refractivity contribution in [2.45, 2.75) is 6.42 Å². The maximum atomic E-state index is 8.40. The summed E-state index contributed by atoms with van der Waals surface area (Å²) in [6, 6.07) is 4.06. The molecular weight excluding hydrogens is 196 g/mol. The van der Waals surface area contributed by atoms with Gasteiger partial charge in [0, 0.05) is 6.54 Å². The zero-order chi connectivity index (χ0) is 9.80. The van der Waals surface area contributed by atoms with Gasteiger partial charge in [-0.1, -0.05) is 0 Å². The smallest absolute Gasteiger partial charge is 0.138 e. The van der Waals surface area contributed by atoms with E-state index in [0.717, 1.165) is 16.0 Å². The van der Waals surface area contributed by atoms with E-state index in [-0.39, 0.29) is 0 Å². The normalized spacial score (nSPS) is 9.93. The highest BCUT2D eigenvalue weighted by Crippen LogP contribution is 2.23.